The molecule has 0 saturated carbocycles. The molecule has 7 heteroatoms. The van der Waals surface area contributed by atoms with E-state index in [0.29, 0.717) is 30.0 Å². The zero-order valence-electron chi connectivity index (χ0n) is 17.4. The topological polar surface area (TPSA) is 62.1 Å². The minimum absolute atomic E-state index is 0.00467. The van der Waals surface area contributed by atoms with Gasteiger partial charge in [-0.25, -0.2) is 0 Å². The Bertz CT molecular complexity index is 1250. The number of carbonyl (C=O) groups excluding carboxylic acids is 1. The third-order valence-electron chi connectivity index (χ3n) is 4.56. The van der Waals surface area contributed by atoms with Crippen molar-refractivity contribution in [2.24, 2.45) is 0 Å². The number of ether oxygens (including phenoxy) is 1. The largest absolute Gasteiger partial charge is 0.487 e. The molecule has 0 fully saturated rings. The highest BCUT2D eigenvalue weighted by Gasteiger charge is 2.14. The molecule has 0 spiro atoms. The average molecular weight is 631 g/mol. The Labute approximate surface area is 218 Å². The van der Waals surface area contributed by atoms with Gasteiger partial charge in [0.2, 0.25) is 0 Å². The number of carbonyl (C=O) groups is 1. The molecule has 3 aromatic carbocycles. The summed E-state index contributed by atoms with van der Waals surface area (Å²) in [6.45, 7) is 4.24. The fourth-order valence-electron chi connectivity index (χ4n) is 3.04. The summed E-state index contributed by atoms with van der Waals surface area (Å²) in [5, 5.41) is 12.3. The van der Waals surface area contributed by atoms with E-state index in [4.69, 9.17) is 4.74 Å². The van der Waals surface area contributed by atoms with Gasteiger partial charge in [-0.2, -0.15) is 5.26 Å². The number of halogens is 3. The molecule has 0 heterocycles. The first-order valence-electron chi connectivity index (χ1n) is 9.89. The zero-order chi connectivity index (χ0) is 23.8. The molecule has 0 unspecified atom stereocenters. The van der Waals surface area contributed by atoms with Crippen LogP contribution in [-0.4, -0.2) is 5.91 Å². The lowest BCUT2D eigenvalue weighted by atomic mass is 10.0. The molecule has 4 nitrogen and oxygen atoms in total. The van der Waals surface area contributed by atoms with Crippen LogP contribution in [-0.2, 0) is 17.8 Å². The number of rotatable bonds is 8. The molecule has 166 valence electrons. The quantitative estimate of drug-likeness (QED) is 0.157. The number of nitrogens with zero attached hydrogens (tertiary/aromatic N) is 1. The van der Waals surface area contributed by atoms with Crippen LogP contribution in [0.3, 0.4) is 0 Å². The summed E-state index contributed by atoms with van der Waals surface area (Å²) in [4.78, 5) is 12.6. The van der Waals surface area contributed by atoms with Gasteiger partial charge in [0, 0.05) is 14.6 Å². The van der Waals surface area contributed by atoms with E-state index in [1.807, 2.05) is 48.5 Å². The first kappa shape index (κ1) is 25.0. The van der Waals surface area contributed by atoms with Gasteiger partial charge in [-0.15, -0.1) is 6.58 Å². The number of nitriles is 1. The molecule has 33 heavy (non-hydrogen) atoms. The molecule has 0 bridgehead atoms. The first-order chi connectivity index (χ1) is 15.9. The molecular formula is C26H19Br3N2O2. The van der Waals surface area contributed by atoms with E-state index in [0.717, 1.165) is 24.5 Å². The highest BCUT2D eigenvalue weighted by Crippen LogP contribution is 2.33. The van der Waals surface area contributed by atoms with Gasteiger partial charge in [0.25, 0.3) is 5.91 Å². The van der Waals surface area contributed by atoms with Crippen LogP contribution in [0.1, 0.15) is 16.7 Å². The number of benzene rings is 3. The Balaban J connectivity index is 1.85. The van der Waals surface area contributed by atoms with E-state index in [9.17, 15) is 10.1 Å². The summed E-state index contributed by atoms with van der Waals surface area (Å²) >= 11 is 10.4. The minimum atomic E-state index is -0.479. The van der Waals surface area contributed by atoms with Gasteiger partial charge in [0.05, 0.1) is 4.47 Å². The summed E-state index contributed by atoms with van der Waals surface area (Å²) in [6, 6.07) is 20.8. The number of nitrogens with one attached hydrogen (secondary N) is 1. The van der Waals surface area contributed by atoms with Crippen LogP contribution in [0.5, 0.6) is 5.75 Å². The summed E-state index contributed by atoms with van der Waals surface area (Å²) in [7, 11) is 0. The SMILES string of the molecule is C=CCc1cc(/C=C(/C#N)C(=O)Nc2cccc(Br)c2)cc(Br)c1OCc1ccc(Br)cc1. The van der Waals surface area contributed by atoms with E-state index in [1.165, 1.54) is 0 Å². The van der Waals surface area contributed by atoms with Crippen LogP contribution >= 0.6 is 47.8 Å². The van der Waals surface area contributed by atoms with Crippen LogP contribution in [0, 0.1) is 11.3 Å². The highest BCUT2D eigenvalue weighted by atomic mass is 79.9. The Morgan fingerprint density at radius 2 is 1.82 bits per heavy atom. The van der Waals surface area contributed by atoms with E-state index in [-0.39, 0.29) is 5.57 Å². The molecule has 3 aromatic rings. The molecule has 0 saturated heterocycles. The third-order valence-corrected chi connectivity index (χ3v) is 6.17. The Morgan fingerprint density at radius 3 is 2.48 bits per heavy atom. The number of hydrogen-bond acceptors (Lipinski definition) is 3. The van der Waals surface area contributed by atoms with Crippen molar-refractivity contribution in [1.82, 2.24) is 0 Å². The van der Waals surface area contributed by atoms with Gasteiger partial charge >= 0.3 is 0 Å². The van der Waals surface area contributed by atoms with Gasteiger partial charge in [0.15, 0.2) is 0 Å². The van der Waals surface area contributed by atoms with Crippen molar-refractivity contribution < 1.29 is 9.53 Å². The summed E-state index contributed by atoms with van der Waals surface area (Å²) in [5.74, 6) is 0.222. The van der Waals surface area contributed by atoms with E-state index >= 15 is 0 Å². The van der Waals surface area contributed by atoms with Crippen molar-refractivity contribution in [2.45, 2.75) is 13.0 Å². The van der Waals surface area contributed by atoms with Gasteiger partial charge in [-0.1, -0.05) is 56.1 Å². The van der Waals surface area contributed by atoms with Crippen molar-refractivity contribution in [3.8, 4) is 11.8 Å². The summed E-state index contributed by atoms with van der Waals surface area (Å²) in [6.07, 6.45) is 3.91. The molecule has 0 aliphatic rings. The van der Waals surface area contributed by atoms with E-state index in [1.54, 1.807) is 30.4 Å². The Hall–Kier alpha value is -2.66. The average Bonchev–Trinajstić information content (AvgIpc) is 2.78. The van der Waals surface area contributed by atoms with Crippen molar-refractivity contribution >= 4 is 65.5 Å². The lowest BCUT2D eigenvalue weighted by Crippen LogP contribution is -2.13. The second-order valence-corrected chi connectivity index (χ2v) is 9.72. The van der Waals surface area contributed by atoms with Crippen LogP contribution in [0.25, 0.3) is 6.08 Å². The minimum Gasteiger partial charge on any atom is -0.487 e. The molecule has 0 atom stereocenters. The fourth-order valence-corrected chi connectivity index (χ4v) is 4.34. The fraction of sp³-hybridized carbons (Fsp3) is 0.0769. The molecule has 0 radical (unpaired) electrons. The maximum atomic E-state index is 12.6. The maximum Gasteiger partial charge on any atom is 0.266 e. The number of amides is 1. The molecule has 1 amide bonds. The summed E-state index contributed by atoms with van der Waals surface area (Å²) < 4.78 is 8.66. The molecule has 0 aliphatic heterocycles. The maximum absolute atomic E-state index is 12.6. The normalized spacial score (nSPS) is 10.9. The standard InChI is InChI=1S/C26H19Br3N2O2/c1-2-4-19-11-18(12-20(15-30)26(32)31-23-6-3-5-22(28)14-23)13-24(29)25(19)33-16-17-7-9-21(27)10-8-17/h2-3,5-14H,1,4,16H2,(H,31,32)/b20-12-. The number of hydrogen-bond donors (Lipinski definition) is 1. The number of allylic oxidation sites excluding steroid dienone is 1. The second-order valence-electron chi connectivity index (χ2n) is 7.03. The molecule has 3 rings (SSSR count). The predicted molar refractivity (Wildman–Crippen MR) is 143 cm³/mol. The Kier molecular flexibility index (Phi) is 9.07. The highest BCUT2D eigenvalue weighted by molar-refractivity contribution is 9.11. The van der Waals surface area contributed by atoms with Crippen molar-refractivity contribution in [2.75, 3.05) is 5.32 Å². The van der Waals surface area contributed by atoms with Crippen LogP contribution in [0.15, 0.2) is 92.3 Å². The first-order valence-corrected chi connectivity index (χ1v) is 12.3. The van der Waals surface area contributed by atoms with E-state index in [2.05, 4.69) is 59.7 Å². The summed E-state index contributed by atoms with van der Waals surface area (Å²) in [5.41, 5.74) is 3.23. The van der Waals surface area contributed by atoms with Gasteiger partial charge in [0.1, 0.15) is 24.0 Å². The monoisotopic (exact) mass is 628 g/mol. The smallest absolute Gasteiger partial charge is 0.266 e. The van der Waals surface area contributed by atoms with Crippen LogP contribution in [0.4, 0.5) is 5.69 Å². The number of anilines is 1. The van der Waals surface area contributed by atoms with E-state index < -0.39 is 5.91 Å². The van der Waals surface area contributed by atoms with Crippen LogP contribution in [0.2, 0.25) is 0 Å². The van der Waals surface area contributed by atoms with Crippen molar-refractivity contribution in [3.05, 3.63) is 109 Å². The lowest BCUT2D eigenvalue weighted by Gasteiger charge is -2.14. The molecular weight excluding hydrogens is 612 g/mol. The van der Waals surface area contributed by atoms with Gasteiger partial charge in [-0.05, 0) is 87.6 Å². The van der Waals surface area contributed by atoms with Crippen molar-refractivity contribution in [3.63, 3.8) is 0 Å². The predicted octanol–water partition coefficient (Wildman–Crippen LogP) is 7.83. The van der Waals surface area contributed by atoms with Crippen LogP contribution < -0.4 is 10.1 Å². The second kappa shape index (κ2) is 12.0. The molecule has 0 aliphatic carbocycles. The molecule has 0 aromatic heterocycles. The lowest BCUT2D eigenvalue weighted by molar-refractivity contribution is -0.112. The Morgan fingerprint density at radius 1 is 1.06 bits per heavy atom. The van der Waals surface area contributed by atoms with Gasteiger partial charge in [-0.3, -0.25) is 4.79 Å². The van der Waals surface area contributed by atoms with Crippen molar-refractivity contribution in [1.29, 1.82) is 5.26 Å². The molecule has 1 N–H and O–H groups in total. The van der Waals surface area contributed by atoms with Gasteiger partial charge < -0.3 is 10.1 Å². The zero-order valence-corrected chi connectivity index (χ0v) is 22.2. The third kappa shape index (κ3) is 7.16.